The lowest BCUT2D eigenvalue weighted by molar-refractivity contribution is -0.139. The highest BCUT2D eigenvalue weighted by Gasteiger charge is 2.34. The first kappa shape index (κ1) is 15.3. The molecule has 0 aliphatic carbocycles. The van der Waals surface area contributed by atoms with Crippen molar-refractivity contribution in [1.29, 1.82) is 0 Å². The van der Waals surface area contributed by atoms with Gasteiger partial charge in [0, 0.05) is 6.54 Å². The molecule has 0 aromatic heterocycles. The van der Waals surface area contributed by atoms with Gasteiger partial charge >= 0.3 is 6.18 Å². The Morgan fingerprint density at radius 1 is 1.00 bits per heavy atom. The Kier molecular flexibility index (Phi) is 4.47. The monoisotopic (exact) mass is 299 g/mol. The Labute approximate surface area is 119 Å². The second-order valence-corrected chi connectivity index (χ2v) is 4.40. The lowest BCUT2D eigenvalue weighted by atomic mass is 10.1. The number of para-hydroxylation sites is 1. The van der Waals surface area contributed by atoms with Crippen LogP contribution in [0.3, 0.4) is 0 Å². The molecule has 0 saturated heterocycles. The molecule has 0 atom stereocenters. The first-order valence-electron chi connectivity index (χ1n) is 6.18. The van der Waals surface area contributed by atoms with Gasteiger partial charge in [-0.25, -0.2) is 4.39 Å². The van der Waals surface area contributed by atoms with E-state index < -0.39 is 17.6 Å². The number of hydrogen-bond acceptors (Lipinski definition) is 2. The van der Waals surface area contributed by atoms with E-state index in [0.29, 0.717) is 11.1 Å². The van der Waals surface area contributed by atoms with Crippen LogP contribution in [0.1, 0.15) is 16.7 Å². The summed E-state index contributed by atoms with van der Waals surface area (Å²) in [5.41, 5.74) is 5.69. The Morgan fingerprint density at radius 2 is 1.71 bits per heavy atom. The molecule has 0 aliphatic rings. The molecular weight excluding hydrogens is 286 g/mol. The lowest BCUT2D eigenvalue weighted by Gasteiger charge is -2.15. The zero-order valence-electron chi connectivity index (χ0n) is 11.0. The summed E-state index contributed by atoms with van der Waals surface area (Å²) in [5.74, 6) is -0.716. The van der Waals surface area contributed by atoms with Crippen LogP contribution in [0, 0.1) is 5.82 Å². The first-order chi connectivity index (χ1) is 9.91. The zero-order chi connectivity index (χ0) is 15.5. The molecule has 2 N–H and O–H groups in total. The number of nitrogens with two attached hydrogens (primary N) is 1. The third-order valence-electron chi connectivity index (χ3n) is 2.96. The number of hydrogen-bond donors (Lipinski definition) is 1. The topological polar surface area (TPSA) is 35.2 Å². The van der Waals surface area contributed by atoms with Crippen molar-refractivity contribution in [3.8, 4) is 5.75 Å². The number of halogens is 4. The molecular formula is C15H13F4NO. The average molecular weight is 299 g/mol. The van der Waals surface area contributed by atoms with E-state index >= 15 is 0 Å². The highest BCUT2D eigenvalue weighted by molar-refractivity contribution is 5.36. The number of alkyl halides is 3. The maximum Gasteiger partial charge on any atom is 0.419 e. The van der Waals surface area contributed by atoms with Gasteiger partial charge in [-0.1, -0.05) is 18.2 Å². The van der Waals surface area contributed by atoms with Crippen molar-refractivity contribution < 1.29 is 22.3 Å². The van der Waals surface area contributed by atoms with Crippen molar-refractivity contribution in [3.05, 3.63) is 65.0 Å². The fraction of sp³-hybridized carbons (Fsp3) is 0.200. The van der Waals surface area contributed by atoms with E-state index in [1.165, 1.54) is 36.4 Å². The van der Waals surface area contributed by atoms with E-state index in [9.17, 15) is 17.6 Å². The third-order valence-corrected chi connectivity index (χ3v) is 2.96. The van der Waals surface area contributed by atoms with Gasteiger partial charge in [0.2, 0.25) is 0 Å². The average Bonchev–Trinajstić information content (AvgIpc) is 2.45. The van der Waals surface area contributed by atoms with Crippen molar-refractivity contribution in [2.45, 2.75) is 19.3 Å². The van der Waals surface area contributed by atoms with Gasteiger partial charge in [0.25, 0.3) is 0 Å². The van der Waals surface area contributed by atoms with Gasteiger partial charge in [0.15, 0.2) is 0 Å². The van der Waals surface area contributed by atoms with Gasteiger partial charge in [0.1, 0.15) is 18.2 Å². The minimum absolute atomic E-state index is 0.0807. The van der Waals surface area contributed by atoms with Gasteiger partial charge in [-0.15, -0.1) is 0 Å². The summed E-state index contributed by atoms with van der Waals surface area (Å²) >= 11 is 0. The van der Waals surface area contributed by atoms with Crippen molar-refractivity contribution in [3.63, 3.8) is 0 Å². The number of ether oxygens (including phenoxy) is 1. The minimum atomic E-state index is -4.49. The summed E-state index contributed by atoms with van der Waals surface area (Å²) in [7, 11) is 0. The predicted octanol–water partition coefficient (Wildman–Crippen LogP) is 3.88. The molecule has 0 amide bonds. The second kappa shape index (κ2) is 6.13. The van der Waals surface area contributed by atoms with Gasteiger partial charge < -0.3 is 10.5 Å². The van der Waals surface area contributed by atoms with Crippen molar-refractivity contribution >= 4 is 0 Å². The number of rotatable bonds is 4. The maximum atomic E-state index is 13.1. The van der Waals surface area contributed by atoms with Crippen LogP contribution in [-0.4, -0.2) is 0 Å². The van der Waals surface area contributed by atoms with Crippen molar-refractivity contribution in [2.24, 2.45) is 5.73 Å². The second-order valence-electron chi connectivity index (χ2n) is 4.40. The molecule has 0 bridgehead atoms. The number of benzene rings is 2. The summed E-state index contributed by atoms with van der Waals surface area (Å²) < 4.78 is 56.8. The van der Waals surface area contributed by atoms with Gasteiger partial charge in [0.05, 0.1) is 5.56 Å². The zero-order valence-corrected chi connectivity index (χ0v) is 11.0. The van der Waals surface area contributed by atoms with E-state index in [1.807, 2.05) is 0 Å². The molecule has 0 heterocycles. The van der Waals surface area contributed by atoms with Crippen LogP contribution in [0.2, 0.25) is 0 Å². The predicted molar refractivity (Wildman–Crippen MR) is 70.1 cm³/mol. The first-order valence-corrected chi connectivity index (χ1v) is 6.18. The van der Waals surface area contributed by atoms with Gasteiger partial charge in [-0.2, -0.15) is 13.2 Å². The van der Waals surface area contributed by atoms with E-state index in [-0.39, 0.29) is 18.9 Å². The highest BCUT2D eigenvalue weighted by Crippen LogP contribution is 2.36. The van der Waals surface area contributed by atoms with E-state index in [4.69, 9.17) is 10.5 Å². The van der Waals surface area contributed by atoms with Crippen molar-refractivity contribution in [1.82, 2.24) is 0 Å². The molecule has 0 spiro atoms. The van der Waals surface area contributed by atoms with Crippen LogP contribution in [0.4, 0.5) is 17.6 Å². The normalized spacial score (nSPS) is 11.5. The summed E-state index contributed by atoms with van der Waals surface area (Å²) in [5, 5.41) is 0. The van der Waals surface area contributed by atoms with Crippen molar-refractivity contribution in [2.75, 3.05) is 0 Å². The van der Waals surface area contributed by atoms with Crippen LogP contribution in [0.25, 0.3) is 0 Å². The molecule has 2 aromatic rings. The quantitative estimate of drug-likeness (QED) is 0.870. The fourth-order valence-corrected chi connectivity index (χ4v) is 1.91. The molecule has 6 heteroatoms. The Morgan fingerprint density at radius 3 is 2.38 bits per heavy atom. The van der Waals surface area contributed by atoms with Crippen LogP contribution in [0.15, 0.2) is 42.5 Å². The molecule has 2 aromatic carbocycles. The van der Waals surface area contributed by atoms with Crippen LogP contribution in [0.5, 0.6) is 5.75 Å². The molecule has 0 unspecified atom stereocenters. The summed E-state index contributed by atoms with van der Waals surface area (Å²) in [4.78, 5) is 0. The van der Waals surface area contributed by atoms with E-state index in [0.717, 1.165) is 6.07 Å². The Bertz CT molecular complexity index is 625. The summed E-state index contributed by atoms with van der Waals surface area (Å²) in [6, 6.07) is 8.85. The fourth-order valence-electron chi connectivity index (χ4n) is 1.91. The SMILES string of the molecule is NCc1cc(F)ccc1COc1ccccc1C(F)(F)F. The molecule has 0 aliphatic heterocycles. The standard InChI is InChI=1S/C15H13F4NO/c16-12-6-5-10(11(7-12)8-20)9-21-14-4-2-1-3-13(14)15(17,18)19/h1-7H,8-9,20H2. The molecule has 0 saturated carbocycles. The van der Waals surface area contributed by atoms with Crippen LogP contribution >= 0.6 is 0 Å². The molecule has 0 radical (unpaired) electrons. The largest absolute Gasteiger partial charge is 0.488 e. The van der Waals surface area contributed by atoms with E-state index in [1.54, 1.807) is 0 Å². The van der Waals surface area contributed by atoms with Gasteiger partial charge in [-0.3, -0.25) is 0 Å². The summed E-state index contributed by atoms with van der Waals surface area (Å²) in [6.07, 6.45) is -4.49. The Hall–Kier alpha value is -2.08. The summed E-state index contributed by atoms with van der Waals surface area (Å²) in [6.45, 7) is -0.0305. The molecule has 2 nitrogen and oxygen atoms in total. The Balaban J connectivity index is 2.21. The lowest BCUT2D eigenvalue weighted by Crippen LogP contribution is -2.10. The van der Waals surface area contributed by atoms with Gasteiger partial charge in [-0.05, 0) is 35.4 Å². The minimum Gasteiger partial charge on any atom is -0.488 e. The van der Waals surface area contributed by atoms with Crippen LogP contribution in [-0.2, 0) is 19.3 Å². The molecule has 0 fully saturated rings. The van der Waals surface area contributed by atoms with Crippen LogP contribution < -0.4 is 10.5 Å². The third kappa shape index (κ3) is 3.72. The molecule has 21 heavy (non-hydrogen) atoms. The van der Waals surface area contributed by atoms with E-state index in [2.05, 4.69) is 0 Å². The maximum absolute atomic E-state index is 13.1. The molecule has 2 rings (SSSR count). The molecule has 112 valence electrons. The smallest absolute Gasteiger partial charge is 0.419 e. The highest BCUT2D eigenvalue weighted by atomic mass is 19.4.